The lowest BCUT2D eigenvalue weighted by Crippen LogP contribution is -1.94. The summed E-state index contributed by atoms with van der Waals surface area (Å²) in [7, 11) is 1.60. The molecular formula is C15H14N2O3. The van der Waals surface area contributed by atoms with Crippen molar-refractivity contribution in [3.05, 3.63) is 53.6 Å². The Bertz CT molecular complexity index is 666. The number of hydrogen-bond acceptors (Lipinski definition) is 4. The van der Waals surface area contributed by atoms with Crippen LogP contribution in [-0.2, 0) is 0 Å². The van der Waals surface area contributed by atoms with Gasteiger partial charge in [-0.1, -0.05) is 12.1 Å². The highest BCUT2D eigenvalue weighted by atomic mass is 16.5. The number of carbonyl (C=O) groups is 1. The standard InChI is InChI=1S/C15H14N2O3/c1-10-6-7-13(9-14(10)20-2)17-16-12-5-3-4-11(8-12)15(18)19/h3-9H,1-2H3,(H,18,19). The van der Waals surface area contributed by atoms with Gasteiger partial charge in [-0.15, -0.1) is 0 Å². The summed E-state index contributed by atoms with van der Waals surface area (Å²) >= 11 is 0. The van der Waals surface area contributed by atoms with Crippen molar-refractivity contribution in [3.63, 3.8) is 0 Å². The molecule has 0 atom stereocenters. The number of benzene rings is 2. The Morgan fingerprint density at radius 2 is 1.80 bits per heavy atom. The van der Waals surface area contributed by atoms with Gasteiger partial charge in [0.05, 0.1) is 24.0 Å². The van der Waals surface area contributed by atoms with Crippen LogP contribution in [0.2, 0.25) is 0 Å². The largest absolute Gasteiger partial charge is 0.496 e. The number of azo groups is 1. The van der Waals surface area contributed by atoms with Crippen LogP contribution in [0.25, 0.3) is 0 Å². The number of nitrogens with zero attached hydrogens (tertiary/aromatic N) is 2. The monoisotopic (exact) mass is 270 g/mol. The zero-order chi connectivity index (χ0) is 14.5. The van der Waals surface area contributed by atoms with Crippen LogP contribution < -0.4 is 4.74 Å². The van der Waals surface area contributed by atoms with Crippen molar-refractivity contribution in [1.82, 2.24) is 0 Å². The Balaban J connectivity index is 2.25. The Morgan fingerprint density at radius 3 is 2.45 bits per heavy atom. The van der Waals surface area contributed by atoms with Crippen molar-refractivity contribution in [1.29, 1.82) is 0 Å². The first kappa shape index (κ1) is 13.7. The van der Waals surface area contributed by atoms with Gasteiger partial charge >= 0.3 is 5.97 Å². The number of carboxylic acids is 1. The number of rotatable bonds is 4. The molecule has 0 aliphatic carbocycles. The van der Waals surface area contributed by atoms with Crippen molar-refractivity contribution in [2.45, 2.75) is 6.92 Å². The van der Waals surface area contributed by atoms with Crippen molar-refractivity contribution in [3.8, 4) is 5.75 Å². The second-order valence-corrected chi connectivity index (χ2v) is 4.21. The van der Waals surface area contributed by atoms with Crippen LogP contribution in [0.1, 0.15) is 15.9 Å². The summed E-state index contributed by atoms with van der Waals surface area (Å²) in [5.41, 5.74) is 2.33. The number of aromatic carboxylic acids is 1. The van der Waals surface area contributed by atoms with Crippen molar-refractivity contribution in [2.75, 3.05) is 7.11 Å². The second-order valence-electron chi connectivity index (χ2n) is 4.21. The van der Waals surface area contributed by atoms with E-state index in [0.29, 0.717) is 11.4 Å². The molecule has 0 heterocycles. The fourth-order valence-electron chi connectivity index (χ4n) is 1.69. The fourth-order valence-corrected chi connectivity index (χ4v) is 1.69. The molecule has 0 fully saturated rings. The minimum absolute atomic E-state index is 0.183. The van der Waals surface area contributed by atoms with E-state index in [4.69, 9.17) is 9.84 Å². The molecule has 0 aliphatic heterocycles. The summed E-state index contributed by atoms with van der Waals surface area (Å²) in [5, 5.41) is 17.0. The normalized spacial score (nSPS) is 10.7. The molecule has 0 amide bonds. The van der Waals surface area contributed by atoms with E-state index in [1.54, 1.807) is 25.3 Å². The molecule has 5 nitrogen and oxygen atoms in total. The summed E-state index contributed by atoms with van der Waals surface area (Å²) in [6, 6.07) is 11.8. The average Bonchev–Trinajstić information content (AvgIpc) is 2.46. The molecule has 2 rings (SSSR count). The fraction of sp³-hybridized carbons (Fsp3) is 0.133. The molecule has 0 bridgehead atoms. The zero-order valence-electron chi connectivity index (χ0n) is 11.2. The number of carboxylic acid groups (broad SMARTS) is 1. The zero-order valence-corrected chi connectivity index (χ0v) is 11.2. The number of methoxy groups -OCH3 is 1. The van der Waals surface area contributed by atoms with E-state index in [-0.39, 0.29) is 5.56 Å². The third-order valence-corrected chi connectivity index (χ3v) is 2.77. The quantitative estimate of drug-likeness (QED) is 0.849. The molecule has 0 saturated carbocycles. The molecule has 1 N–H and O–H groups in total. The highest BCUT2D eigenvalue weighted by Gasteiger charge is 2.03. The van der Waals surface area contributed by atoms with Crippen molar-refractivity contribution < 1.29 is 14.6 Å². The Morgan fingerprint density at radius 1 is 1.10 bits per heavy atom. The Labute approximate surface area is 116 Å². The van der Waals surface area contributed by atoms with Gasteiger partial charge in [-0.3, -0.25) is 0 Å². The number of aryl methyl sites for hydroxylation is 1. The summed E-state index contributed by atoms with van der Waals surface area (Å²) in [5.74, 6) is -0.250. The van der Waals surface area contributed by atoms with Crippen LogP contribution in [0.3, 0.4) is 0 Å². The van der Waals surface area contributed by atoms with E-state index in [9.17, 15) is 4.79 Å². The van der Waals surface area contributed by atoms with Crippen LogP contribution in [0, 0.1) is 6.92 Å². The molecule has 0 aliphatic rings. The highest BCUT2D eigenvalue weighted by molar-refractivity contribution is 5.88. The molecule has 0 aromatic heterocycles. The van der Waals surface area contributed by atoms with Crippen LogP contribution >= 0.6 is 0 Å². The van der Waals surface area contributed by atoms with Gasteiger partial charge < -0.3 is 9.84 Å². The molecule has 102 valence electrons. The minimum Gasteiger partial charge on any atom is -0.496 e. The summed E-state index contributed by atoms with van der Waals surface area (Å²) in [6.07, 6.45) is 0. The molecule has 0 spiro atoms. The highest BCUT2D eigenvalue weighted by Crippen LogP contribution is 2.26. The van der Waals surface area contributed by atoms with Crippen LogP contribution in [0.5, 0.6) is 5.75 Å². The summed E-state index contributed by atoms with van der Waals surface area (Å²) in [6.45, 7) is 1.94. The second kappa shape index (κ2) is 5.97. The molecule has 2 aromatic rings. The van der Waals surface area contributed by atoms with E-state index in [0.717, 1.165) is 11.3 Å². The average molecular weight is 270 g/mol. The first-order valence-corrected chi connectivity index (χ1v) is 6.00. The van der Waals surface area contributed by atoms with Gasteiger partial charge in [0.15, 0.2) is 0 Å². The number of hydrogen-bond donors (Lipinski definition) is 1. The van der Waals surface area contributed by atoms with Gasteiger partial charge in [0.25, 0.3) is 0 Å². The van der Waals surface area contributed by atoms with E-state index in [1.807, 2.05) is 19.1 Å². The van der Waals surface area contributed by atoms with Gasteiger partial charge in [0.1, 0.15) is 5.75 Å². The molecule has 0 radical (unpaired) electrons. The lowest BCUT2D eigenvalue weighted by molar-refractivity contribution is 0.0697. The van der Waals surface area contributed by atoms with Gasteiger partial charge in [-0.05, 0) is 36.8 Å². The predicted molar refractivity (Wildman–Crippen MR) is 75.3 cm³/mol. The van der Waals surface area contributed by atoms with Crippen LogP contribution in [0.4, 0.5) is 11.4 Å². The van der Waals surface area contributed by atoms with Crippen molar-refractivity contribution >= 4 is 17.3 Å². The molecular weight excluding hydrogens is 256 g/mol. The third-order valence-electron chi connectivity index (χ3n) is 2.77. The molecule has 0 unspecified atom stereocenters. The topological polar surface area (TPSA) is 71.2 Å². The first-order valence-electron chi connectivity index (χ1n) is 6.00. The maximum Gasteiger partial charge on any atom is 0.335 e. The van der Waals surface area contributed by atoms with E-state index < -0.39 is 5.97 Å². The van der Waals surface area contributed by atoms with Gasteiger partial charge in [-0.2, -0.15) is 10.2 Å². The molecule has 0 saturated heterocycles. The van der Waals surface area contributed by atoms with Gasteiger partial charge in [0, 0.05) is 6.07 Å². The smallest absolute Gasteiger partial charge is 0.335 e. The predicted octanol–water partition coefficient (Wildman–Crippen LogP) is 4.12. The van der Waals surface area contributed by atoms with E-state index in [1.165, 1.54) is 12.1 Å². The van der Waals surface area contributed by atoms with Gasteiger partial charge in [-0.25, -0.2) is 4.79 Å². The summed E-state index contributed by atoms with van der Waals surface area (Å²) < 4.78 is 5.21. The Hall–Kier alpha value is -2.69. The molecule has 20 heavy (non-hydrogen) atoms. The number of ether oxygens (including phenoxy) is 1. The maximum absolute atomic E-state index is 10.9. The third kappa shape index (κ3) is 3.20. The maximum atomic E-state index is 10.9. The minimum atomic E-state index is -0.987. The lowest BCUT2D eigenvalue weighted by Gasteiger charge is -2.04. The first-order chi connectivity index (χ1) is 9.60. The van der Waals surface area contributed by atoms with Crippen molar-refractivity contribution in [2.24, 2.45) is 10.2 Å². The van der Waals surface area contributed by atoms with Crippen LogP contribution in [-0.4, -0.2) is 18.2 Å². The Kier molecular flexibility index (Phi) is 4.10. The van der Waals surface area contributed by atoms with E-state index >= 15 is 0 Å². The van der Waals surface area contributed by atoms with Crippen LogP contribution in [0.15, 0.2) is 52.7 Å². The summed E-state index contributed by atoms with van der Waals surface area (Å²) in [4.78, 5) is 10.9. The SMILES string of the molecule is COc1cc(N=Nc2cccc(C(=O)O)c2)ccc1C. The molecule has 5 heteroatoms. The molecule has 2 aromatic carbocycles. The lowest BCUT2D eigenvalue weighted by atomic mass is 10.2. The van der Waals surface area contributed by atoms with E-state index in [2.05, 4.69) is 10.2 Å². The van der Waals surface area contributed by atoms with Gasteiger partial charge in [0.2, 0.25) is 0 Å².